The van der Waals surface area contributed by atoms with E-state index in [9.17, 15) is 4.79 Å². The molecule has 4 nitrogen and oxygen atoms in total. The number of anilines is 1. The summed E-state index contributed by atoms with van der Waals surface area (Å²) in [6.45, 7) is 5.33. The molecule has 0 aliphatic heterocycles. The molecule has 0 saturated heterocycles. The van der Waals surface area contributed by atoms with E-state index in [0.29, 0.717) is 13.0 Å². The molecule has 0 amide bonds. The molecule has 2 aromatic rings. The van der Waals surface area contributed by atoms with Crippen molar-refractivity contribution < 1.29 is 9.53 Å². The van der Waals surface area contributed by atoms with Gasteiger partial charge >= 0.3 is 5.97 Å². The summed E-state index contributed by atoms with van der Waals surface area (Å²) in [6, 6.07) is 14.7. The third kappa shape index (κ3) is 7.33. The number of esters is 1. The topological polar surface area (TPSA) is 41.6 Å². The highest BCUT2D eigenvalue weighted by atomic mass is 35.5. The van der Waals surface area contributed by atoms with Crippen molar-refractivity contribution in [1.29, 1.82) is 0 Å². The maximum absolute atomic E-state index is 11.4. The molecule has 30 heavy (non-hydrogen) atoms. The molecule has 0 aliphatic rings. The first-order valence-electron chi connectivity index (χ1n) is 10.8. The molecule has 2 rings (SSSR count). The predicted octanol–water partition coefficient (Wildman–Crippen LogP) is 5.91. The zero-order valence-corrected chi connectivity index (χ0v) is 19.5. The third-order valence-corrected chi connectivity index (χ3v) is 5.47. The van der Waals surface area contributed by atoms with E-state index in [4.69, 9.17) is 16.3 Å². The van der Waals surface area contributed by atoms with Gasteiger partial charge in [-0.05, 0) is 68.1 Å². The molecule has 0 saturated carbocycles. The van der Waals surface area contributed by atoms with Gasteiger partial charge in [0.2, 0.25) is 0 Å². The van der Waals surface area contributed by atoms with E-state index in [2.05, 4.69) is 61.6 Å². The summed E-state index contributed by atoms with van der Waals surface area (Å²) in [7, 11) is 4.16. The van der Waals surface area contributed by atoms with Crippen LogP contribution in [0.15, 0.2) is 42.5 Å². The predicted molar refractivity (Wildman–Crippen MR) is 127 cm³/mol. The Morgan fingerprint density at radius 1 is 1.07 bits per heavy atom. The number of carbonyl (C=O) groups is 1. The summed E-state index contributed by atoms with van der Waals surface area (Å²) in [5, 5.41) is 4.53. The Hall–Kier alpha value is -2.04. The van der Waals surface area contributed by atoms with E-state index in [1.54, 1.807) is 0 Å². The number of nitrogens with zero attached hydrogens (tertiary/aromatic N) is 1. The second-order valence-electron chi connectivity index (χ2n) is 7.81. The fourth-order valence-corrected chi connectivity index (χ4v) is 3.94. The molecule has 0 spiro atoms. The van der Waals surface area contributed by atoms with Crippen LogP contribution < -0.4 is 10.2 Å². The molecule has 0 bridgehead atoms. The van der Waals surface area contributed by atoms with Gasteiger partial charge in [-0.3, -0.25) is 4.79 Å². The summed E-state index contributed by atoms with van der Waals surface area (Å²) in [4.78, 5) is 13.6. The van der Waals surface area contributed by atoms with E-state index >= 15 is 0 Å². The maximum atomic E-state index is 11.4. The highest BCUT2D eigenvalue weighted by Gasteiger charge is 2.19. The molecule has 0 aliphatic carbocycles. The Morgan fingerprint density at radius 2 is 1.80 bits per heavy atom. The molecule has 0 fully saturated rings. The summed E-state index contributed by atoms with van der Waals surface area (Å²) in [6.07, 6.45) is 4.61. The lowest BCUT2D eigenvalue weighted by atomic mass is 9.93. The SMILES string of the molecule is CCOC(=O)CCCCCCNC(c1ccc(Cl)cc1C)c1ccccc1N(C)C. The Labute approximate surface area is 186 Å². The quantitative estimate of drug-likeness (QED) is 0.336. The third-order valence-electron chi connectivity index (χ3n) is 5.23. The van der Waals surface area contributed by atoms with Crippen molar-refractivity contribution in [2.24, 2.45) is 0 Å². The lowest BCUT2D eigenvalue weighted by Gasteiger charge is -2.27. The van der Waals surface area contributed by atoms with Crippen LogP contribution in [0.25, 0.3) is 0 Å². The van der Waals surface area contributed by atoms with Crippen LogP contribution in [0, 0.1) is 6.92 Å². The van der Waals surface area contributed by atoms with Crippen LogP contribution >= 0.6 is 11.6 Å². The van der Waals surface area contributed by atoms with Gasteiger partial charge in [0.15, 0.2) is 0 Å². The minimum atomic E-state index is -0.0887. The van der Waals surface area contributed by atoms with Crippen molar-refractivity contribution in [3.05, 3.63) is 64.2 Å². The average Bonchev–Trinajstić information content (AvgIpc) is 2.71. The van der Waals surface area contributed by atoms with Crippen molar-refractivity contribution in [2.75, 3.05) is 32.1 Å². The number of unbranched alkanes of at least 4 members (excludes halogenated alkanes) is 3. The van der Waals surface area contributed by atoms with E-state index in [1.807, 2.05) is 19.1 Å². The van der Waals surface area contributed by atoms with E-state index in [-0.39, 0.29) is 12.0 Å². The smallest absolute Gasteiger partial charge is 0.305 e. The molecule has 0 radical (unpaired) electrons. The first-order valence-corrected chi connectivity index (χ1v) is 11.2. The molecule has 1 N–H and O–H groups in total. The molecule has 0 aromatic heterocycles. The Morgan fingerprint density at radius 3 is 2.50 bits per heavy atom. The molecule has 0 heterocycles. The second-order valence-corrected chi connectivity index (χ2v) is 8.25. The summed E-state index contributed by atoms with van der Waals surface area (Å²) in [5.74, 6) is -0.0887. The Kier molecular flexibility index (Phi) is 10.2. The lowest BCUT2D eigenvalue weighted by molar-refractivity contribution is -0.143. The van der Waals surface area contributed by atoms with Crippen LogP contribution in [0.2, 0.25) is 5.02 Å². The van der Waals surface area contributed by atoms with Crippen LogP contribution in [0.3, 0.4) is 0 Å². The highest BCUT2D eigenvalue weighted by molar-refractivity contribution is 6.30. The van der Waals surface area contributed by atoms with Crippen LogP contribution in [0.4, 0.5) is 5.69 Å². The molecular weight excluding hydrogens is 396 g/mol. The van der Waals surface area contributed by atoms with Crippen LogP contribution in [0.1, 0.15) is 61.8 Å². The van der Waals surface area contributed by atoms with Crippen LogP contribution in [0.5, 0.6) is 0 Å². The minimum Gasteiger partial charge on any atom is -0.466 e. The summed E-state index contributed by atoms with van der Waals surface area (Å²) >= 11 is 6.21. The standard InChI is InChI=1S/C25H35ClN2O2/c1-5-30-24(29)14-8-6-7-11-17-27-25(21-16-15-20(26)18-19(21)2)22-12-9-10-13-23(22)28(3)4/h9-10,12-13,15-16,18,25,27H,5-8,11,14,17H2,1-4H3. The maximum Gasteiger partial charge on any atom is 0.305 e. The molecule has 1 atom stereocenters. The number of hydrogen-bond donors (Lipinski definition) is 1. The van der Waals surface area contributed by atoms with Crippen LogP contribution in [-0.4, -0.2) is 33.2 Å². The molecule has 2 aromatic carbocycles. The van der Waals surface area contributed by atoms with Crippen molar-refractivity contribution in [3.63, 3.8) is 0 Å². The van der Waals surface area contributed by atoms with Crippen molar-refractivity contribution in [3.8, 4) is 0 Å². The normalized spacial score (nSPS) is 11.9. The largest absolute Gasteiger partial charge is 0.466 e. The number of carbonyl (C=O) groups excluding carboxylic acids is 1. The zero-order chi connectivity index (χ0) is 21.9. The number of ether oxygens (including phenoxy) is 1. The first kappa shape index (κ1) is 24.2. The Balaban J connectivity index is 2.03. The fraction of sp³-hybridized carbons (Fsp3) is 0.480. The molecule has 1 unspecified atom stereocenters. The summed E-state index contributed by atoms with van der Waals surface area (Å²) in [5.41, 5.74) is 4.90. The number of benzene rings is 2. The monoisotopic (exact) mass is 430 g/mol. The lowest BCUT2D eigenvalue weighted by Crippen LogP contribution is -2.26. The van der Waals surface area contributed by atoms with Crippen molar-refractivity contribution in [1.82, 2.24) is 5.32 Å². The number of aryl methyl sites for hydroxylation is 1. The van der Waals surface area contributed by atoms with Crippen LogP contribution in [-0.2, 0) is 9.53 Å². The van der Waals surface area contributed by atoms with Gasteiger partial charge < -0.3 is 15.0 Å². The molecule has 164 valence electrons. The number of halogens is 1. The van der Waals surface area contributed by atoms with E-state index < -0.39 is 0 Å². The zero-order valence-electron chi connectivity index (χ0n) is 18.7. The minimum absolute atomic E-state index is 0.0887. The fourth-order valence-electron chi connectivity index (χ4n) is 3.72. The Bertz CT molecular complexity index is 807. The van der Waals surface area contributed by atoms with Gasteiger partial charge in [0, 0.05) is 31.2 Å². The highest BCUT2D eigenvalue weighted by Crippen LogP contribution is 2.32. The van der Waals surface area contributed by atoms with E-state index in [0.717, 1.165) is 37.3 Å². The van der Waals surface area contributed by atoms with Gasteiger partial charge in [0.05, 0.1) is 12.6 Å². The van der Waals surface area contributed by atoms with Crippen molar-refractivity contribution >= 4 is 23.3 Å². The van der Waals surface area contributed by atoms with Crippen molar-refractivity contribution in [2.45, 2.75) is 52.0 Å². The number of nitrogens with one attached hydrogen (secondary N) is 1. The number of rotatable bonds is 12. The van der Waals surface area contributed by atoms with Gasteiger partial charge in [-0.25, -0.2) is 0 Å². The van der Waals surface area contributed by atoms with Gasteiger partial charge in [-0.1, -0.05) is 48.7 Å². The molecule has 5 heteroatoms. The van der Waals surface area contributed by atoms with Gasteiger partial charge in [0.25, 0.3) is 0 Å². The van der Waals surface area contributed by atoms with Gasteiger partial charge in [0.1, 0.15) is 0 Å². The first-order chi connectivity index (χ1) is 14.4. The molecular formula is C25H35ClN2O2. The summed E-state index contributed by atoms with van der Waals surface area (Å²) < 4.78 is 4.98. The van der Waals surface area contributed by atoms with E-state index in [1.165, 1.54) is 22.4 Å². The second kappa shape index (κ2) is 12.6. The number of para-hydroxylation sites is 1. The average molecular weight is 431 g/mol. The van der Waals surface area contributed by atoms with Gasteiger partial charge in [-0.15, -0.1) is 0 Å². The van der Waals surface area contributed by atoms with Gasteiger partial charge in [-0.2, -0.15) is 0 Å². The number of hydrogen-bond acceptors (Lipinski definition) is 4.